The largest absolute Gasteiger partial charge is 0.384 e. The summed E-state index contributed by atoms with van der Waals surface area (Å²) in [4.78, 5) is 1.99. The molecule has 0 radical (unpaired) electrons. The van der Waals surface area contributed by atoms with Crippen molar-refractivity contribution in [2.75, 3.05) is 20.8 Å². The summed E-state index contributed by atoms with van der Waals surface area (Å²) in [6, 6.07) is 5.12. The van der Waals surface area contributed by atoms with Gasteiger partial charge in [0, 0.05) is 25.3 Å². The first-order valence-corrected chi connectivity index (χ1v) is 5.78. The second-order valence-electron chi connectivity index (χ2n) is 4.41. The zero-order chi connectivity index (χ0) is 13.7. The number of nitrogens with two attached hydrogens (primary N) is 1. The molecule has 1 aromatic rings. The van der Waals surface area contributed by atoms with Crippen LogP contribution in [-0.4, -0.2) is 37.5 Å². The van der Waals surface area contributed by atoms with Crippen LogP contribution in [0.25, 0.3) is 0 Å². The Morgan fingerprint density at radius 3 is 2.78 bits per heavy atom. The van der Waals surface area contributed by atoms with E-state index in [1.54, 1.807) is 19.2 Å². The van der Waals surface area contributed by atoms with Crippen molar-refractivity contribution >= 4 is 5.84 Å². The van der Waals surface area contributed by atoms with Crippen molar-refractivity contribution in [3.63, 3.8) is 0 Å². The highest BCUT2D eigenvalue weighted by Gasteiger charge is 2.14. The number of nitrogens with one attached hydrogen (secondary N) is 1. The van der Waals surface area contributed by atoms with Crippen LogP contribution in [0.3, 0.4) is 0 Å². The fourth-order valence-electron chi connectivity index (χ4n) is 1.70. The van der Waals surface area contributed by atoms with Gasteiger partial charge < -0.3 is 10.5 Å². The van der Waals surface area contributed by atoms with E-state index < -0.39 is 5.82 Å². The fraction of sp³-hybridized carbons (Fsp3) is 0.462. The summed E-state index contributed by atoms with van der Waals surface area (Å²) in [6.07, 6.45) is 0. The number of ether oxygens (including phenoxy) is 1. The summed E-state index contributed by atoms with van der Waals surface area (Å²) in [5.41, 5.74) is 6.02. The highest BCUT2D eigenvalue weighted by molar-refractivity contribution is 5.95. The van der Waals surface area contributed by atoms with Crippen molar-refractivity contribution < 1.29 is 9.13 Å². The predicted octanol–water partition coefficient (Wildman–Crippen LogP) is 1.58. The molecule has 0 spiro atoms. The highest BCUT2D eigenvalue weighted by atomic mass is 19.1. The number of methoxy groups -OCH3 is 1. The fourth-order valence-corrected chi connectivity index (χ4v) is 1.70. The first kappa shape index (κ1) is 14.6. The number of nitrogen functional groups attached to an aromatic ring is 1. The van der Waals surface area contributed by atoms with E-state index in [1.807, 2.05) is 18.9 Å². The summed E-state index contributed by atoms with van der Waals surface area (Å²) in [5, 5.41) is 7.31. The van der Waals surface area contributed by atoms with Gasteiger partial charge in [0.25, 0.3) is 0 Å². The number of benzene rings is 1. The van der Waals surface area contributed by atoms with Gasteiger partial charge in [-0.15, -0.1) is 0 Å². The van der Waals surface area contributed by atoms with Gasteiger partial charge in [-0.1, -0.05) is 12.1 Å². The van der Waals surface area contributed by atoms with E-state index in [0.29, 0.717) is 18.7 Å². The lowest BCUT2D eigenvalue weighted by molar-refractivity contribution is 0.111. The van der Waals surface area contributed by atoms with Crippen molar-refractivity contribution in [3.8, 4) is 0 Å². The molecule has 4 nitrogen and oxygen atoms in total. The zero-order valence-electron chi connectivity index (χ0n) is 11.0. The van der Waals surface area contributed by atoms with Gasteiger partial charge in [0.2, 0.25) is 0 Å². The molecule has 0 fully saturated rings. The highest BCUT2D eigenvalue weighted by Crippen LogP contribution is 2.15. The third-order valence-corrected chi connectivity index (χ3v) is 2.95. The van der Waals surface area contributed by atoms with E-state index in [-0.39, 0.29) is 17.4 Å². The summed E-state index contributed by atoms with van der Waals surface area (Å²) in [6.45, 7) is 3.05. The smallest absolute Gasteiger partial charge is 0.138 e. The Hall–Kier alpha value is -1.46. The standard InChI is InChI=1S/C13H20FN3O/c1-9(8-18-3)17(2)7-10-5-4-6-11(12(10)14)13(15)16/h4-6,9H,7-8H2,1-3H3,(H3,15,16). The SMILES string of the molecule is COCC(C)N(C)Cc1cccc(C(=N)N)c1F. The Balaban J connectivity index is 2.85. The molecule has 0 aliphatic rings. The molecule has 1 aromatic carbocycles. The van der Waals surface area contributed by atoms with Crippen molar-refractivity contribution in [3.05, 3.63) is 35.1 Å². The number of likely N-dealkylation sites (N-methyl/N-ethyl adjacent to an activating group) is 1. The number of rotatable bonds is 6. The van der Waals surface area contributed by atoms with E-state index in [2.05, 4.69) is 0 Å². The maximum atomic E-state index is 14.1. The van der Waals surface area contributed by atoms with E-state index in [0.717, 1.165) is 0 Å². The molecular weight excluding hydrogens is 233 g/mol. The molecule has 0 aliphatic heterocycles. The summed E-state index contributed by atoms with van der Waals surface area (Å²) < 4.78 is 19.1. The molecular formula is C13H20FN3O. The van der Waals surface area contributed by atoms with Gasteiger partial charge in [-0.05, 0) is 20.0 Å². The van der Waals surface area contributed by atoms with Crippen molar-refractivity contribution in [2.24, 2.45) is 5.73 Å². The molecule has 3 N–H and O–H groups in total. The van der Waals surface area contributed by atoms with Crippen LogP contribution in [0.15, 0.2) is 18.2 Å². The first-order chi connectivity index (χ1) is 8.47. The third kappa shape index (κ3) is 3.51. The molecule has 1 atom stereocenters. The maximum Gasteiger partial charge on any atom is 0.138 e. The summed E-state index contributed by atoms with van der Waals surface area (Å²) in [5.74, 6) is -0.664. The maximum absolute atomic E-state index is 14.1. The van der Waals surface area contributed by atoms with Gasteiger partial charge in [0.1, 0.15) is 11.7 Å². The lowest BCUT2D eigenvalue weighted by Crippen LogP contribution is -2.32. The van der Waals surface area contributed by atoms with E-state index in [4.69, 9.17) is 15.9 Å². The normalized spacial score (nSPS) is 12.7. The molecule has 0 bridgehead atoms. The van der Waals surface area contributed by atoms with Crippen LogP contribution in [0.4, 0.5) is 4.39 Å². The van der Waals surface area contributed by atoms with Crippen LogP contribution in [0.2, 0.25) is 0 Å². The zero-order valence-corrected chi connectivity index (χ0v) is 11.0. The monoisotopic (exact) mass is 253 g/mol. The van der Waals surface area contributed by atoms with Crippen LogP contribution >= 0.6 is 0 Å². The van der Waals surface area contributed by atoms with Crippen LogP contribution in [0, 0.1) is 11.2 Å². The van der Waals surface area contributed by atoms with Gasteiger partial charge >= 0.3 is 0 Å². The molecule has 0 saturated carbocycles. The lowest BCUT2D eigenvalue weighted by atomic mass is 10.1. The van der Waals surface area contributed by atoms with Crippen LogP contribution in [0.1, 0.15) is 18.1 Å². The Morgan fingerprint density at radius 2 is 2.22 bits per heavy atom. The Morgan fingerprint density at radius 1 is 1.56 bits per heavy atom. The predicted molar refractivity (Wildman–Crippen MR) is 70.2 cm³/mol. The van der Waals surface area contributed by atoms with Crippen molar-refractivity contribution in [1.29, 1.82) is 5.41 Å². The van der Waals surface area contributed by atoms with Crippen LogP contribution in [0.5, 0.6) is 0 Å². The Bertz CT molecular complexity index is 423. The molecule has 0 aliphatic carbocycles. The minimum atomic E-state index is -0.415. The average molecular weight is 253 g/mol. The second kappa shape index (κ2) is 6.47. The van der Waals surface area contributed by atoms with Gasteiger partial charge in [-0.25, -0.2) is 4.39 Å². The minimum absolute atomic E-state index is 0.153. The second-order valence-corrected chi connectivity index (χ2v) is 4.41. The van der Waals surface area contributed by atoms with Crippen LogP contribution < -0.4 is 5.73 Å². The van der Waals surface area contributed by atoms with E-state index in [1.165, 1.54) is 6.07 Å². The number of hydrogen-bond acceptors (Lipinski definition) is 3. The average Bonchev–Trinajstić information content (AvgIpc) is 2.31. The minimum Gasteiger partial charge on any atom is -0.384 e. The quantitative estimate of drug-likeness (QED) is 0.597. The molecule has 1 rings (SSSR count). The molecule has 0 amide bonds. The summed E-state index contributed by atoms with van der Waals surface area (Å²) in [7, 11) is 3.55. The van der Waals surface area contributed by atoms with E-state index >= 15 is 0 Å². The number of hydrogen-bond donors (Lipinski definition) is 2. The molecule has 0 heterocycles. The molecule has 5 heteroatoms. The van der Waals surface area contributed by atoms with Gasteiger partial charge in [0.15, 0.2) is 0 Å². The number of amidine groups is 1. The Kier molecular flexibility index (Phi) is 5.25. The molecule has 18 heavy (non-hydrogen) atoms. The molecule has 1 unspecified atom stereocenters. The van der Waals surface area contributed by atoms with Crippen molar-refractivity contribution in [1.82, 2.24) is 4.90 Å². The number of nitrogens with zero attached hydrogens (tertiary/aromatic N) is 1. The van der Waals surface area contributed by atoms with Crippen molar-refractivity contribution in [2.45, 2.75) is 19.5 Å². The van der Waals surface area contributed by atoms with Gasteiger partial charge in [-0.2, -0.15) is 0 Å². The third-order valence-electron chi connectivity index (χ3n) is 2.95. The molecule has 0 aromatic heterocycles. The summed E-state index contributed by atoms with van der Waals surface area (Å²) >= 11 is 0. The van der Waals surface area contributed by atoms with E-state index in [9.17, 15) is 4.39 Å². The van der Waals surface area contributed by atoms with Crippen LogP contribution in [-0.2, 0) is 11.3 Å². The topological polar surface area (TPSA) is 62.3 Å². The molecule has 100 valence electrons. The Labute approximate surface area is 107 Å². The van der Waals surface area contributed by atoms with Gasteiger partial charge in [0.05, 0.1) is 12.2 Å². The number of halogens is 1. The first-order valence-electron chi connectivity index (χ1n) is 5.78. The lowest BCUT2D eigenvalue weighted by Gasteiger charge is -2.24. The van der Waals surface area contributed by atoms with Gasteiger partial charge in [-0.3, -0.25) is 10.3 Å². The molecule has 0 saturated heterocycles.